The van der Waals surface area contributed by atoms with E-state index >= 15 is 0 Å². The number of benzene rings is 1. The molecule has 72 valence electrons. The van der Waals surface area contributed by atoms with E-state index in [1.165, 1.54) is 12.1 Å². The number of nitrogens with two attached hydrogens (primary N) is 1. The van der Waals surface area contributed by atoms with Gasteiger partial charge in [0, 0.05) is 12.1 Å². The fourth-order valence-electron chi connectivity index (χ4n) is 1.43. The van der Waals surface area contributed by atoms with Crippen LogP contribution in [0.1, 0.15) is 18.5 Å². The molecule has 1 rings (SSSR count). The van der Waals surface area contributed by atoms with Gasteiger partial charge in [-0.05, 0) is 31.7 Å². The molecule has 0 saturated carbocycles. The van der Waals surface area contributed by atoms with Crippen molar-refractivity contribution in [1.29, 1.82) is 0 Å². The highest BCUT2D eigenvalue weighted by atomic mass is 19.1. The summed E-state index contributed by atoms with van der Waals surface area (Å²) in [6.45, 7) is 1.89. The lowest BCUT2D eigenvalue weighted by Crippen LogP contribution is -2.33. The summed E-state index contributed by atoms with van der Waals surface area (Å²) in [6, 6.07) is 6.47. The fourth-order valence-corrected chi connectivity index (χ4v) is 1.43. The molecule has 0 aliphatic rings. The minimum absolute atomic E-state index is 0.00991. The third-order valence-corrected chi connectivity index (χ3v) is 2.04. The molecular weight excluding hydrogens is 167 g/mol. The van der Waals surface area contributed by atoms with E-state index in [4.69, 9.17) is 5.73 Å². The summed E-state index contributed by atoms with van der Waals surface area (Å²) in [5, 5.41) is 3.05. The molecule has 0 radical (unpaired) electrons. The zero-order valence-electron chi connectivity index (χ0n) is 7.92. The third kappa shape index (κ3) is 2.50. The van der Waals surface area contributed by atoms with Crippen LogP contribution in [0, 0.1) is 5.82 Å². The highest BCUT2D eigenvalue weighted by Gasteiger charge is 2.13. The van der Waals surface area contributed by atoms with Crippen molar-refractivity contribution in [2.24, 2.45) is 5.73 Å². The van der Waals surface area contributed by atoms with Crippen molar-refractivity contribution in [2.75, 3.05) is 7.05 Å². The number of halogens is 1. The number of hydrogen-bond donors (Lipinski definition) is 2. The number of likely N-dealkylation sites (N-methyl/N-ethyl adjacent to an activating group) is 1. The van der Waals surface area contributed by atoms with Gasteiger partial charge >= 0.3 is 0 Å². The summed E-state index contributed by atoms with van der Waals surface area (Å²) in [5.74, 6) is -0.224. The van der Waals surface area contributed by atoms with Gasteiger partial charge in [-0.2, -0.15) is 0 Å². The molecule has 2 atom stereocenters. The van der Waals surface area contributed by atoms with Gasteiger partial charge in [-0.3, -0.25) is 0 Å². The van der Waals surface area contributed by atoms with Crippen molar-refractivity contribution in [3.05, 3.63) is 35.6 Å². The monoisotopic (exact) mass is 182 g/mol. The largest absolute Gasteiger partial charge is 0.326 e. The Morgan fingerprint density at radius 2 is 2.15 bits per heavy atom. The zero-order chi connectivity index (χ0) is 9.84. The van der Waals surface area contributed by atoms with E-state index in [1.54, 1.807) is 6.07 Å². The summed E-state index contributed by atoms with van der Waals surface area (Å²) in [5.41, 5.74) is 6.63. The summed E-state index contributed by atoms with van der Waals surface area (Å²) in [7, 11) is 1.82. The van der Waals surface area contributed by atoms with Gasteiger partial charge in [0.15, 0.2) is 0 Å². The van der Waals surface area contributed by atoms with Crippen LogP contribution in [0.3, 0.4) is 0 Å². The maximum atomic E-state index is 12.9. The quantitative estimate of drug-likeness (QED) is 0.742. The Kier molecular flexibility index (Phi) is 3.39. The van der Waals surface area contributed by atoms with Gasteiger partial charge in [0.05, 0.1) is 0 Å². The lowest BCUT2D eigenvalue weighted by atomic mass is 10.0. The standard InChI is InChI=1S/C10H15FN2/c1-7(12)10(13-2)8-4-3-5-9(11)6-8/h3-7,10,13H,12H2,1-2H3. The molecule has 0 aliphatic carbocycles. The van der Waals surface area contributed by atoms with Gasteiger partial charge in [0.1, 0.15) is 5.82 Å². The maximum absolute atomic E-state index is 12.9. The Hall–Kier alpha value is -0.930. The van der Waals surface area contributed by atoms with E-state index < -0.39 is 0 Å². The molecule has 0 heterocycles. The molecule has 0 bridgehead atoms. The van der Waals surface area contributed by atoms with Crippen LogP contribution in [0.2, 0.25) is 0 Å². The normalized spacial score (nSPS) is 15.4. The zero-order valence-corrected chi connectivity index (χ0v) is 7.92. The van der Waals surface area contributed by atoms with Crippen molar-refractivity contribution in [3.8, 4) is 0 Å². The first kappa shape index (κ1) is 10.2. The van der Waals surface area contributed by atoms with Crippen LogP contribution in [0.4, 0.5) is 4.39 Å². The summed E-state index contributed by atoms with van der Waals surface area (Å²) in [6.07, 6.45) is 0. The molecule has 3 N–H and O–H groups in total. The van der Waals surface area contributed by atoms with E-state index in [-0.39, 0.29) is 17.9 Å². The van der Waals surface area contributed by atoms with Gasteiger partial charge in [0.2, 0.25) is 0 Å². The highest BCUT2D eigenvalue weighted by molar-refractivity contribution is 5.21. The Morgan fingerprint density at radius 1 is 1.46 bits per heavy atom. The van der Waals surface area contributed by atoms with Crippen molar-refractivity contribution >= 4 is 0 Å². The molecule has 0 saturated heterocycles. The van der Waals surface area contributed by atoms with Crippen LogP contribution in [0.25, 0.3) is 0 Å². The number of rotatable bonds is 3. The Morgan fingerprint density at radius 3 is 2.62 bits per heavy atom. The predicted octanol–water partition coefficient (Wildman–Crippen LogP) is 1.43. The van der Waals surface area contributed by atoms with Crippen molar-refractivity contribution in [2.45, 2.75) is 19.0 Å². The first-order valence-corrected chi connectivity index (χ1v) is 4.33. The van der Waals surface area contributed by atoms with Crippen LogP contribution in [-0.2, 0) is 0 Å². The van der Waals surface area contributed by atoms with E-state index in [9.17, 15) is 4.39 Å². The van der Waals surface area contributed by atoms with Crippen molar-refractivity contribution in [3.63, 3.8) is 0 Å². The van der Waals surface area contributed by atoms with Crippen LogP contribution in [0.15, 0.2) is 24.3 Å². The Bertz CT molecular complexity index is 273. The second-order valence-corrected chi connectivity index (χ2v) is 3.18. The number of nitrogens with one attached hydrogen (secondary N) is 1. The molecule has 3 heteroatoms. The predicted molar refractivity (Wildman–Crippen MR) is 51.9 cm³/mol. The molecule has 2 unspecified atom stereocenters. The van der Waals surface area contributed by atoms with Crippen LogP contribution in [0.5, 0.6) is 0 Å². The molecule has 0 fully saturated rings. The van der Waals surface area contributed by atoms with E-state index in [1.807, 2.05) is 20.0 Å². The van der Waals surface area contributed by atoms with Crippen LogP contribution in [-0.4, -0.2) is 13.1 Å². The molecule has 13 heavy (non-hydrogen) atoms. The Balaban J connectivity index is 2.91. The summed E-state index contributed by atoms with van der Waals surface area (Å²) < 4.78 is 12.9. The van der Waals surface area contributed by atoms with E-state index in [0.717, 1.165) is 5.56 Å². The molecule has 0 spiro atoms. The molecule has 2 nitrogen and oxygen atoms in total. The lowest BCUT2D eigenvalue weighted by Gasteiger charge is -2.20. The molecule has 0 aliphatic heterocycles. The average molecular weight is 182 g/mol. The minimum atomic E-state index is -0.224. The van der Waals surface area contributed by atoms with Crippen molar-refractivity contribution < 1.29 is 4.39 Å². The van der Waals surface area contributed by atoms with Gasteiger partial charge < -0.3 is 11.1 Å². The minimum Gasteiger partial charge on any atom is -0.326 e. The fraction of sp³-hybridized carbons (Fsp3) is 0.400. The van der Waals surface area contributed by atoms with Crippen molar-refractivity contribution in [1.82, 2.24) is 5.32 Å². The van der Waals surface area contributed by atoms with Gasteiger partial charge in [-0.1, -0.05) is 12.1 Å². The summed E-state index contributed by atoms with van der Waals surface area (Å²) >= 11 is 0. The smallest absolute Gasteiger partial charge is 0.123 e. The molecular formula is C10H15FN2. The van der Waals surface area contributed by atoms with Gasteiger partial charge in [-0.25, -0.2) is 4.39 Å². The van der Waals surface area contributed by atoms with Crippen LogP contribution >= 0.6 is 0 Å². The first-order valence-electron chi connectivity index (χ1n) is 4.33. The third-order valence-electron chi connectivity index (χ3n) is 2.04. The second kappa shape index (κ2) is 4.35. The topological polar surface area (TPSA) is 38.0 Å². The van der Waals surface area contributed by atoms with Gasteiger partial charge in [-0.15, -0.1) is 0 Å². The SMILES string of the molecule is CNC(c1cccc(F)c1)C(C)N. The van der Waals surface area contributed by atoms with E-state index in [2.05, 4.69) is 5.32 Å². The second-order valence-electron chi connectivity index (χ2n) is 3.18. The molecule has 1 aromatic rings. The first-order chi connectivity index (χ1) is 6.15. The average Bonchev–Trinajstić information content (AvgIpc) is 2.04. The highest BCUT2D eigenvalue weighted by Crippen LogP contribution is 2.15. The Labute approximate surface area is 77.9 Å². The lowest BCUT2D eigenvalue weighted by molar-refractivity contribution is 0.500. The summed E-state index contributed by atoms with van der Waals surface area (Å²) in [4.78, 5) is 0. The molecule has 0 aromatic heterocycles. The van der Waals surface area contributed by atoms with E-state index in [0.29, 0.717) is 0 Å². The van der Waals surface area contributed by atoms with Gasteiger partial charge in [0.25, 0.3) is 0 Å². The maximum Gasteiger partial charge on any atom is 0.123 e. The molecule has 0 amide bonds. The van der Waals surface area contributed by atoms with Crippen LogP contribution < -0.4 is 11.1 Å². The number of hydrogen-bond acceptors (Lipinski definition) is 2. The molecule has 1 aromatic carbocycles.